The van der Waals surface area contributed by atoms with Crippen molar-refractivity contribution in [3.63, 3.8) is 0 Å². The van der Waals surface area contributed by atoms with Crippen LogP contribution >= 0.6 is 0 Å². The lowest BCUT2D eigenvalue weighted by molar-refractivity contribution is 0.102. The lowest BCUT2D eigenvalue weighted by Gasteiger charge is -2.12. The quantitative estimate of drug-likeness (QED) is 0.363. The fraction of sp³-hybridized carbons (Fsp3) is 0.320. The zero-order valence-corrected chi connectivity index (χ0v) is 20.5. The number of ether oxygens (including phenoxy) is 1. The van der Waals surface area contributed by atoms with E-state index < -0.39 is 0 Å². The molecule has 35 heavy (non-hydrogen) atoms. The number of benzene rings is 1. The maximum Gasteiger partial charge on any atom is 0.256 e. The minimum Gasteiger partial charge on any atom is -0.383 e. The number of hydrogen-bond acceptors (Lipinski definition) is 8. The highest BCUT2D eigenvalue weighted by molar-refractivity contribution is 6.04. The molecule has 0 spiro atoms. The number of pyridine rings is 1. The van der Waals surface area contributed by atoms with Crippen LogP contribution in [0.4, 0.5) is 11.5 Å². The maximum atomic E-state index is 12.9. The van der Waals surface area contributed by atoms with Crippen LogP contribution in [0.2, 0.25) is 0 Å². The first-order valence-corrected chi connectivity index (χ1v) is 11.2. The second-order valence-electron chi connectivity index (χ2n) is 9.21. The van der Waals surface area contributed by atoms with E-state index >= 15 is 0 Å². The molecule has 1 aromatic carbocycles. The van der Waals surface area contributed by atoms with Gasteiger partial charge in [-0.05, 0) is 30.7 Å². The number of anilines is 2. The van der Waals surface area contributed by atoms with Gasteiger partial charge in [0.2, 0.25) is 0 Å². The molecule has 4 rings (SSSR count). The Balaban J connectivity index is 1.53. The highest BCUT2D eigenvalue weighted by Crippen LogP contribution is 2.25. The van der Waals surface area contributed by atoms with Gasteiger partial charge in [0.25, 0.3) is 5.91 Å². The molecule has 0 atom stereocenters. The lowest BCUT2D eigenvalue weighted by Crippen LogP contribution is -2.13. The van der Waals surface area contributed by atoms with Gasteiger partial charge >= 0.3 is 0 Å². The molecular weight excluding hydrogens is 446 g/mol. The summed E-state index contributed by atoms with van der Waals surface area (Å²) >= 11 is 0. The molecule has 0 bridgehead atoms. The Morgan fingerprint density at radius 3 is 2.74 bits per heavy atom. The molecule has 4 aromatic rings. The first kappa shape index (κ1) is 24.1. The zero-order valence-electron chi connectivity index (χ0n) is 20.5. The van der Waals surface area contributed by atoms with Gasteiger partial charge in [-0.3, -0.25) is 9.78 Å². The Labute approximate surface area is 203 Å². The lowest BCUT2D eigenvalue weighted by atomic mass is 9.93. The molecule has 2 N–H and O–H groups in total. The Hall–Kier alpha value is -4.05. The van der Waals surface area contributed by atoms with E-state index in [0.717, 1.165) is 22.5 Å². The van der Waals surface area contributed by atoms with E-state index in [1.807, 2.05) is 46.0 Å². The van der Waals surface area contributed by atoms with Gasteiger partial charge in [-0.1, -0.05) is 37.2 Å². The van der Waals surface area contributed by atoms with Gasteiger partial charge < -0.3 is 19.9 Å². The highest BCUT2D eigenvalue weighted by atomic mass is 16.5. The average Bonchev–Trinajstić information content (AvgIpc) is 3.50. The van der Waals surface area contributed by atoms with Gasteiger partial charge in [-0.25, -0.2) is 4.68 Å². The van der Waals surface area contributed by atoms with Gasteiger partial charge in [0.05, 0.1) is 24.2 Å². The van der Waals surface area contributed by atoms with Crippen molar-refractivity contribution in [2.45, 2.75) is 33.1 Å². The summed E-state index contributed by atoms with van der Waals surface area (Å²) in [5.41, 5.74) is 4.31. The number of amides is 1. The van der Waals surface area contributed by atoms with Crippen LogP contribution in [0, 0.1) is 6.92 Å². The molecular formula is C25H29N7O3. The Bertz CT molecular complexity index is 1320. The minimum atomic E-state index is -0.292. The first-order valence-electron chi connectivity index (χ1n) is 11.2. The van der Waals surface area contributed by atoms with E-state index in [1.54, 1.807) is 42.4 Å². The van der Waals surface area contributed by atoms with Crippen molar-refractivity contribution in [3.05, 3.63) is 65.8 Å². The van der Waals surface area contributed by atoms with Gasteiger partial charge in [-0.15, -0.1) is 5.10 Å². The van der Waals surface area contributed by atoms with Gasteiger partial charge in [-0.2, -0.15) is 0 Å². The standard InChI is InChI=1S/C25H29N7O3/c1-16-6-7-17(24(33)28-23-12-22(35-30-23)25(2,3)4)11-21(16)32-15-20(29-31-32)18-10-19(14-26-13-18)27-8-9-34-5/h6-7,10-15,27H,8-9H2,1-5H3,(H,28,30,33). The largest absolute Gasteiger partial charge is 0.383 e. The number of methoxy groups -OCH3 is 1. The van der Waals surface area contributed by atoms with Crippen LogP contribution in [0.5, 0.6) is 0 Å². The fourth-order valence-electron chi connectivity index (χ4n) is 3.36. The van der Waals surface area contributed by atoms with E-state index in [9.17, 15) is 4.79 Å². The monoisotopic (exact) mass is 475 g/mol. The van der Waals surface area contributed by atoms with Crippen LogP contribution in [-0.4, -0.2) is 51.3 Å². The second kappa shape index (κ2) is 10.1. The molecule has 3 heterocycles. The van der Waals surface area contributed by atoms with Crippen molar-refractivity contribution < 1.29 is 14.1 Å². The molecule has 10 nitrogen and oxygen atoms in total. The molecule has 0 aliphatic rings. The van der Waals surface area contributed by atoms with Gasteiger partial charge in [0, 0.05) is 48.7 Å². The number of nitrogens with one attached hydrogen (secondary N) is 2. The fourth-order valence-corrected chi connectivity index (χ4v) is 3.36. The van der Waals surface area contributed by atoms with Crippen molar-refractivity contribution in [3.8, 4) is 16.9 Å². The second-order valence-corrected chi connectivity index (χ2v) is 9.21. The van der Waals surface area contributed by atoms with Crippen LogP contribution in [0.3, 0.4) is 0 Å². The third kappa shape index (κ3) is 5.72. The summed E-state index contributed by atoms with van der Waals surface area (Å²) < 4.78 is 12.1. The van der Waals surface area contributed by atoms with Crippen LogP contribution < -0.4 is 10.6 Å². The summed E-state index contributed by atoms with van der Waals surface area (Å²) in [6.45, 7) is 9.27. The summed E-state index contributed by atoms with van der Waals surface area (Å²) in [6.07, 6.45) is 5.29. The molecule has 0 saturated heterocycles. The van der Waals surface area contributed by atoms with Crippen LogP contribution in [0.1, 0.15) is 42.5 Å². The summed E-state index contributed by atoms with van der Waals surface area (Å²) in [7, 11) is 1.66. The minimum absolute atomic E-state index is 0.202. The van der Waals surface area contributed by atoms with Crippen molar-refractivity contribution in [2.75, 3.05) is 30.9 Å². The van der Waals surface area contributed by atoms with Crippen molar-refractivity contribution in [1.29, 1.82) is 0 Å². The molecule has 3 aromatic heterocycles. The third-order valence-corrected chi connectivity index (χ3v) is 5.37. The summed E-state index contributed by atoms with van der Waals surface area (Å²) in [6, 6.07) is 9.10. The van der Waals surface area contributed by atoms with E-state index in [0.29, 0.717) is 36.0 Å². The number of aromatic nitrogens is 5. The zero-order chi connectivity index (χ0) is 25.0. The molecule has 0 aliphatic carbocycles. The van der Waals surface area contributed by atoms with Crippen LogP contribution in [-0.2, 0) is 10.2 Å². The average molecular weight is 476 g/mol. The van der Waals surface area contributed by atoms with Crippen LogP contribution in [0.15, 0.2) is 53.4 Å². The summed E-state index contributed by atoms with van der Waals surface area (Å²) in [5, 5.41) is 18.6. The number of carbonyl (C=O) groups excluding carboxylic acids is 1. The number of aryl methyl sites for hydroxylation is 1. The Morgan fingerprint density at radius 1 is 1.17 bits per heavy atom. The molecule has 0 radical (unpaired) electrons. The van der Waals surface area contributed by atoms with Gasteiger partial charge in [0.1, 0.15) is 11.5 Å². The highest BCUT2D eigenvalue weighted by Gasteiger charge is 2.21. The summed E-state index contributed by atoms with van der Waals surface area (Å²) in [4.78, 5) is 17.2. The molecule has 0 aliphatic heterocycles. The maximum absolute atomic E-state index is 12.9. The van der Waals surface area contributed by atoms with E-state index in [-0.39, 0.29) is 11.3 Å². The predicted octanol–water partition coefficient (Wildman–Crippen LogP) is 4.23. The topological polar surface area (TPSA) is 120 Å². The predicted molar refractivity (Wildman–Crippen MR) is 133 cm³/mol. The molecule has 0 unspecified atom stereocenters. The smallest absolute Gasteiger partial charge is 0.256 e. The van der Waals surface area contributed by atoms with Crippen LogP contribution in [0.25, 0.3) is 16.9 Å². The number of carbonyl (C=O) groups is 1. The first-order chi connectivity index (χ1) is 16.7. The Kier molecular flexibility index (Phi) is 6.92. The molecule has 182 valence electrons. The molecule has 0 saturated carbocycles. The van der Waals surface area contributed by atoms with Crippen molar-refractivity contribution >= 4 is 17.4 Å². The number of rotatable bonds is 8. The van der Waals surface area contributed by atoms with Crippen molar-refractivity contribution in [1.82, 2.24) is 25.1 Å². The number of hydrogen-bond donors (Lipinski definition) is 2. The van der Waals surface area contributed by atoms with Gasteiger partial charge in [0.15, 0.2) is 5.82 Å². The molecule has 10 heteroatoms. The Morgan fingerprint density at radius 2 is 2.00 bits per heavy atom. The molecule has 1 amide bonds. The molecule has 0 fully saturated rings. The van der Waals surface area contributed by atoms with E-state index in [2.05, 4.69) is 31.1 Å². The SMILES string of the molecule is COCCNc1cncc(-c2cn(-c3cc(C(=O)Nc4cc(C(C)(C)C)on4)ccc3C)nn2)c1. The van der Waals surface area contributed by atoms with E-state index in [4.69, 9.17) is 9.26 Å². The summed E-state index contributed by atoms with van der Waals surface area (Å²) in [5.74, 6) is 0.774. The third-order valence-electron chi connectivity index (χ3n) is 5.37. The van der Waals surface area contributed by atoms with Crippen molar-refractivity contribution in [2.24, 2.45) is 0 Å². The number of nitrogens with zero attached hydrogens (tertiary/aromatic N) is 5. The normalized spacial score (nSPS) is 11.5. The van der Waals surface area contributed by atoms with E-state index in [1.165, 1.54) is 0 Å².